The molecule has 0 fully saturated rings. The monoisotopic (exact) mass is 313 g/mol. The molecule has 0 spiro atoms. The van der Waals surface area contributed by atoms with Crippen molar-refractivity contribution in [3.63, 3.8) is 0 Å². The summed E-state index contributed by atoms with van der Waals surface area (Å²) in [6.07, 6.45) is 0. The first kappa shape index (κ1) is 15.5. The number of nitrogens with zero attached hydrogens (tertiary/aromatic N) is 1. The number of carbonyl (C=O) groups is 1. The summed E-state index contributed by atoms with van der Waals surface area (Å²) in [5.74, 6) is -0.362. The zero-order valence-corrected chi connectivity index (χ0v) is 13.0. The number of benzene rings is 3. The third kappa shape index (κ3) is 3.50. The Morgan fingerprint density at radius 2 is 1.54 bits per heavy atom. The number of esters is 1. The Morgan fingerprint density at radius 3 is 2.25 bits per heavy atom. The van der Waals surface area contributed by atoms with Gasteiger partial charge in [-0.2, -0.15) is 5.26 Å². The van der Waals surface area contributed by atoms with Crippen LogP contribution in [0.25, 0.3) is 11.1 Å². The zero-order valence-electron chi connectivity index (χ0n) is 13.0. The Hall–Kier alpha value is -3.38. The van der Waals surface area contributed by atoms with Crippen LogP contribution in [-0.2, 0) is 11.3 Å². The van der Waals surface area contributed by atoms with Gasteiger partial charge in [-0.1, -0.05) is 60.7 Å². The van der Waals surface area contributed by atoms with E-state index in [1.165, 1.54) is 0 Å². The summed E-state index contributed by atoms with van der Waals surface area (Å²) in [5, 5.41) is 8.80. The quantitative estimate of drug-likeness (QED) is 0.662. The van der Waals surface area contributed by atoms with E-state index in [4.69, 9.17) is 10.00 Å². The van der Waals surface area contributed by atoms with Crippen LogP contribution in [0.5, 0.6) is 0 Å². The standard InChI is InChI=1S/C21H15NO2/c22-14-16-10-12-17(13-11-16)15-24-21(23)20-9-5-4-8-19(20)18-6-2-1-3-7-18/h1-13H,15H2. The molecule has 24 heavy (non-hydrogen) atoms. The van der Waals surface area contributed by atoms with E-state index in [-0.39, 0.29) is 12.6 Å². The SMILES string of the molecule is N#Cc1ccc(COC(=O)c2ccccc2-c2ccccc2)cc1. The zero-order chi connectivity index (χ0) is 16.8. The average Bonchev–Trinajstić information content (AvgIpc) is 2.67. The summed E-state index contributed by atoms with van der Waals surface area (Å²) in [4.78, 5) is 12.5. The molecular weight excluding hydrogens is 298 g/mol. The van der Waals surface area contributed by atoms with Crippen molar-refractivity contribution in [2.45, 2.75) is 6.61 Å². The number of nitriles is 1. The molecular formula is C21H15NO2. The van der Waals surface area contributed by atoms with Crippen LogP contribution in [0.3, 0.4) is 0 Å². The van der Waals surface area contributed by atoms with Gasteiger partial charge in [-0.3, -0.25) is 0 Å². The van der Waals surface area contributed by atoms with Gasteiger partial charge in [0.05, 0.1) is 17.2 Å². The molecule has 0 aromatic heterocycles. The van der Waals surface area contributed by atoms with E-state index in [1.807, 2.05) is 48.5 Å². The molecule has 0 aliphatic heterocycles. The summed E-state index contributed by atoms with van der Waals surface area (Å²) in [5.41, 5.74) is 3.79. The van der Waals surface area contributed by atoms with Gasteiger partial charge in [0.15, 0.2) is 0 Å². The Morgan fingerprint density at radius 1 is 0.875 bits per heavy atom. The lowest BCUT2D eigenvalue weighted by atomic mass is 10.00. The molecule has 0 amide bonds. The predicted molar refractivity (Wildman–Crippen MR) is 92.2 cm³/mol. The van der Waals surface area contributed by atoms with E-state index in [9.17, 15) is 4.79 Å². The minimum atomic E-state index is -0.362. The van der Waals surface area contributed by atoms with E-state index < -0.39 is 0 Å². The Labute approximate surface area is 140 Å². The van der Waals surface area contributed by atoms with Crippen LogP contribution in [0.15, 0.2) is 78.9 Å². The van der Waals surface area contributed by atoms with Crippen molar-refractivity contribution >= 4 is 5.97 Å². The Balaban J connectivity index is 1.77. The maximum absolute atomic E-state index is 12.5. The second kappa shape index (κ2) is 7.26. The van der Waals surface area contributed by atoms with E-state index >= 15 is 0 Å². The van der Waals surface area contributed by atoms with Gasteiger partial charge < -0.3 is 4.74 Å². The molecule has 0 aliphatic carbocycles. The van der Waals surface area contributed by atoms with Crippen molar-refractivity contribution in [3.05, 3.63) is 95.6 Å². The topological polar surface area (TPSA) is 50.1 Å². The molecule has 3 rings (SSSR count). The number of ether oxygens (including phenoxy) is 1. The van der Waals surface area contributed by atoms with Crippen LogP contribution in [-0.4, -0.2) is 5.97 Å². The van der Waals surface area contributed by atoms with Crippen molar-refractivity contribution in [1.29, 1.82) is 5.26 Å². The van der Waals surface area contributed by atoms with Crippen LogP contribution in [0.4, 0.5) is 0 Å². The molecule has 0 heterocycles. The van der Waals surface area contributed by atoms with Gasteiger partial charge in [-0.15, -0.1) is 0 Å². The fourth-order valence-electron chi connectivity index (χ4n) is 2.43. The largest absolute Gasteiger partial charge is 0.457 e. The van der Waals surface area contributed by atoms with Crippen LogP contribution in [0.1, 0.15) is 21.5 Å². The molecule has 3 aromatic rings. The normalized spacial score (nSPS) is 9.96. The van der Waals surface area contributed by atoms with E-state index in [0.717, 1.165) is 16.7 Å². The molecule has 0 saturated carbocycles. The van der Waals surface area contributed by atoms with Crippen LogP contribution < -0.4 is 0 Å². The van der Waals surface area contributed by atoms with Gasteiger partial charge in [-0.25, -0.2) is 4.79 Å². The van der Waals surface area contributed by atoms with E-state index in [1.54, 1.807) is 30.3 Å². The summed E-state index contributed by atoms with van der Waals surface area (Å²) in [7, 11) is 0. The summed E-state index contributed by atoms with van der Waals surface area (Å²) < 4.78 is 5.43. The highest BCUT2D eigenvalue weighted by atomic mass is 16.5. The number of hydrogen-bond acceptors (Lipinski definition) is 3. The van der Waals surface area contributed by atoms with Crippen LogP contribution in [0.2, 0.25) is 0 Å². The third-order valence-electron chi connectivity index (χ3n) is 3.68. The molecule has 0 radical (unpaired) electrons. The van der Waals surface area contributed by atoms with Crippen LogP contribution in [0, 0.1) is 11.3 Å². The van der Waals surface area contributed by atoms with Gasteiger partial charge in [0.25, 0.3) is 0 Å². The Kier molecular flexibility index (Phi) is 4.69. The minimum absolute atomic E-state index is 0.174. The van der Waals surface area contributed by atoms with Crippen molar-refractivity contribution in [3.8, 4) is 17.2 Å². The first-order valence-electron chi connectivity index (χ1n) is 7.58. The molecule has 3 aromatic carbocycles. The average molecular weight is 313 g/mol. The molecule has 0 N–H and O–H groups in total. The third-order valence-corrected chi connectivity index (χ3v) is 3.68. The molecule has 116 valence electrons. The maximum Gasteiger partial charge on any atom is 0.339 e. The van der Waals surface area contributed by atoms with Crippen molar-refractivity contribution < 1.29 is 9.53 Å². The van der Waals surface area contributed by atoms with Crippen molar-refractivity contribution in [2.75, 3.05) is 0 Å². The maximum atomic E-state index is 12.5. The predicted octanol–water partition coefficient (Wildman–Crippen LogP) is 4.58. The molecule has 0 unspecified atom stereocenters. The minimum Gasteiger partial charge on any atom is -0.457 e. The van der Waals surface area contributed by atoms with Crippen LogP contribution >= 0.6 is 0 Å². The fourth-order valence-corrected chi connectivity index (χ4v) is 2.43. The smallest absolute Gasteiger partial charge is 0.339 e. The first-order valence-corrected chi connectivity index (χ1v) is 7.58. The van der Waals surface area contributed by atoms with Gasteiger partial charge in [0.1, 0.15) is 6.61 Å². The van der Waals surface area contributed by atoms with E-state index in [0.29, 0.717) is 11.1 Å². The lowest BCUT2D eigenvalue weighted by Gasteiger charge is -2.10. The summed E-state index contributed by atoms with van der Waals surface area (Å²) >= 11 is 0. The molecule has 0 atom stereocenters. The fraction of sp³-hybridized carbons (Fsp3) is 0.0476. The molecule has 0 bridgehead atoms. The lowest BCUT2D eigenvalue weighted by Crippen LogP contribution is -2.07. The first-order chi connectivity index (χ1) is 11.8. The molecule has 0 aliphatic rings. The van der Waals surface area contributed by atoms with Crippen molar-refractivity contribution in [2.24, 2.45) is 0 Å². The van der Waals surface area contributed by atoms with Gasteiger partial charge in [-0.05, 0) is 34.9 Å². The highest BCUT2D eigenvalue weighted by molar-refractivity contribution is 5.97. The molecule has 3 heteroatoms. The van der Waals surface area contributed by atoms with Crippen molar-refractivity contribution in [1.82, 2.24) is 0 Å². The number of carbonyl (C=O) groups excluding carboxylic acids is 1. The Bertz CT molecular complexity index is 878. The highest BCUT2D eigenvalue weighted by Crippen LogP contribution is 2.24. The second-order valence-electron chi connectivity index (χ2n) is 5.30. The highest BCUT2D eigenvalue weighted by Gasteiger charge is 2.13. The lowest BCUT2D eigenvalue weighted by molar-refractivity contribution is 0.0473. The number of hydrogen-bond donors (Lipinski definition) is 0. The summed E-state index contributed by atoms with van der Waals surface area (Å²) in [6, 6.07) is 26.2. The van der Waals surface area contributed by atoms with Gasteiger partial charge in [0.2, 0.25) is 0 Å². The second-order valence-corrected chi connectivity index (χ2v) is 5.30. The molecule has 0 saturated heterocycles. The number of rotatable bonds is 4. The van der Waals surface area contributed by atoms with Gasteiger partial charge in [0, 0.05) is 0 Å². The summed E-state index contributed by atoms with van der Waals surface area (Å²) in [6.45, 7) is 0.174. The van der Waals surface area contributed by atoms with Gasteiger partial charge >= 0.3 is 5.97 Å². The molecule has 3 nitrogen and oxygen atoms in total. The van der Waals surface area contributed by atoms with E-state index in [2.05, 4.69) is 6.07 Å².